The van der Waals surface area contributed by atoms with E-state index >= 15 is 0 Å². The second kappa shape index (κ2) is 3.72. The van der Waals surface area contributed by atoms with Gasteiger partial charge in [-0.15, -0.1) is 0 Å². The Labute approximate surface area is 102 Å². The number of hydrogen-bond acceptors (Lipinski definition) is 4. The van der Waals surface area contributed by atoms with Crippen LogP contribution in [0.2, 0.25) is 0 Å². The van der Waals surface area contributed by atoms with Crippen LogP contribution in [0.1, 0.15) is 17.7 Å². The first-order valence-electron chi connectivity index (χ1n) is 5.54. The predicted octanol–water partition coefficient (Wildman–Crippen LogP) is -0.661. The molecule has 0 aliphatic carbocycles. The van der Waals surface area contributed by atoms with Crippen molar-refractivity contribution in [2.75, 3.05) is 11.9 Å². The van der Waals surface area contributed by atoms with Gasteiger partial charge in [0.15, 0.2) is 0 Å². The first kappa shape index (κ1) is 11.1. The Kier molecular flexibility index (Phi) is 2.42. The molecule has 3 heterocycles. The van der Waals surface area contributed by atoms with Gasteiger partial charge < -0.3 is 10.3 Å². The van der Waals surface area contributed by atoms with E-state index in [2.05, 4.69) is 5.10 Å². The fourth-order valence-electron chi connectivity index (χ4n) is 2.44. The van der Waals surface area contributed by atoms with E-state index in [1.165, 1.54) is 0 Å². The monoisotopic (exact) mass is 254 g/mol. The van der Waals surface area contributed by atoms with E-state index in [0.29, 0.717) is 24.5 Å². The molecule has 17 heavy (non-hydrogen) atoms. The molecule has 3 rings (SSSR count). The molecule has 0 bridgehead atoms. The first-order valence-corrected chi connectivity index (χ1v) is 7.03. The average Bonchev–Trinajstić information content (AvgIpc) is 2.76. The van der Waals surface area contributed by atoms with Gasteiger partial charge in [-0.2, -0.15) is 5.10 Å². The van der Waals surface area contributed by atoms with Gasteiger partial charge in [-0.1, -0.05) is 0 Å². The van der Waals surface area contributed by atoms with Crippen molar-refractivity contribution in [3.8, 4) is 0 Å². The van der Waals surface area contributed by atoms with E-state index in [1.54, 1.807) is 11.9 Å². The number of nitrogens with two attached hydrogens (primary N) is 1. The maximum atomic E-state index is 12.0. The van der Waals surface area contributed by atoms with Crippen LogP contribution in [-0.2, 0) is 34.0 Å². The van der Waals surface area contributed by atoms with Crippen LogP contribution >= 0.6 is 0 Å². The van der Waals surface area contributed by atoms with Gasteiger partial charge in [-0.25, -0.2) is 4.68 Å². The smallest absolute Gasteiger partial charge is 0.244 e. The molecule has 0 radical (unpaired) electrons. The number of carbonyl (C=O) groups is 1. The predicted molar refractivity (Wildman–Crippen MR) is 63.8 cm³/mol. The van der Waals surface area contributed by atoms with E-state index in [-0.39, 0.29) is 5.91 Å². The maximum absolute atomic E-state index is 12.0. The number of hydrogen-bond donors (Lipinski definition) is 1. The van der Waals surface area contributed by atoms with Crippen LogP contribution < -0.4 is 10.6 Å². The molecule has 1 amide bonds. The van der Waals surface area contributed by atoms with Crippen LogP contribution in [0, 0.1) is 0 Å². The molecule has 92 valence electrons. The quantitative estimate of drug-likeness (QED) is 0.623. The summed E-state index contributed by atoms with van der Waals surface area (Å²) in [5, 5.41) is 4.44. The Morgan fingerprint density at radius 2 is 2.29 bits per heavy atom. The maximum Gasteiger partial charge on any atom is 0.244 e. The van der Waals surface area contributed by atoms with Crippen LogP contribution in [0.25, 0.3) is 0 Å². The molecule has 0 fully saturated rings. The van der Waals surface area contributed by atoms with Gasteiger partial charge in [0.25, 0.3) is 0 Å². The van der Waals surface area contributed by atoms with Crippen LogP contribution in [0.15, 0.2) is 0 Å². The Bertz CT molecular complexity index is 487. The molecule has 1 aromatic heterocycles. The summed E-state index contributed by atoms with van der Waals surface area (Å²) in [6.45, 7) is 0.645. The number of anilines is 1. The second-order valence-electron chi connectivity index (χ2n) is 4.49. The average molecular weight is 254 g/mol. The molecule has 0 saturated carbocycles. The van der Waals surface area contributed by atoms with Gasteiger partial charge in [0, 0.05) is 13.6 Å². The number of amides is 1. The van der Waals surface area contributed by atoms with E-state index in [0.717, 1.165) is 17.1 Å². The van der Waals surface area contributed by atoms with Crippen molar-refractivity contribution in [1.29, 1.82) is 0 Å². The highest BCUT2D eigenvalue weighted by Gasteiger charge is 2.36. The van der Waals surface area contributed by atoms with Gasteiger partial charge in [0.2, 0.25) is 5.91 Å². The minimum atomic E-state index is -0.872. The van der Waals surface area contributed by atoms with Gasteiger partial charge in [-0.3, -0.25) is 9.69 Å². The van der Waals surface area contributed by atoms with Gasteiger partial charge in [0.1, 0.15) is 23.0 Å². The number of aryl methyl sites for hydroxylation is 1. The summed E-state index contributed by atoms with van der Waals surface area (Å²) in [4.78, 5) is 13.5. The lowest BCUT2D eigenvalue weighted by Crippen LogP contribution is -2.40. The number of fused-ring (bicyclic) bond motifs is 3. The summed E-state index contributed by atoms with van der Waals surface area (Å²) in [6, 6.07) is -0.468. The molecular weight excluding hydrogens is 240 g/mol. The normalized spacial score (nSPS) is 27.9. The summed E-state index contributed by atoms with van der Waals surface area (Å²) in [7, 11) is 1.71. The molecule has 2 aliphatic heterocycles. The Balaban J connectivity index is 2.08. The third-order valence-corrected chi connectivity index (χ3v) is 4.53. The zero-order chi connectivity index (χ0) is 12.2. The third kappa shape index (κ3) is 1.57. The number of nitrogens with zero attached hydrogens (tertiary/aromatic N) is 3. The van der Waals surface area contributed by atoms with Gasteiger partial charge >= 0.3 is 0 Å². The lowest BCUT2D eigenvalue weighted by atomic mass is 10.2. The minimum absolute atomic E-state index is 0.0934. The van der Waals surface area contributed by atoms with Crippen molar-refractivity contribution in [3.05, 3.63) is 11.3 Å². The molecule has 7 heteroatoms. The Morgan fingerprint density at radius 1 is 1.53 bits per heavy atom. The molecule has 0 saturated heterocycles. The second-order valence-corrected chi connectivity index (χ2v) is 5.95. The summed E-state index contributed by atoms with van der Waals surface area (Å²) in [5.41, 5.74) is 7.61. The van der Waals surface area contributed by atoms with Crippen molar-refractivity contribution in [2.24, 2.45) is 5.73 Å². The fourth-order valence-corrected chi connectivity index (χ4v) is 3.69. The van der Waals surface area contributed by atoms with Crippen LogP contribution in [0.3, 0.4) is 0 Å². The molecular formula is C10H14N4O2S. The molecule has 2 unspecified atom stereocenters. The minimum Gasteiger partial charge on any atom is -0.616 e. The molecule has 2 N–H and O–H groups in total. The van der Waals surface area contributed by atoms with E-state index < -0.39 is 17.2 Å². The van der Waals surface area contributed by atoms with Crippen molar-refractivity contribution < 1.29 is 9.35 Å². The van der Waals surface area contributed by atoms with Gasteiger partial charge in [0.05, 0.1) is 11.6 Å². The van der Waals surface area contributed by atoms with Gasteiger partial charge in [-0.05, 0) is 17.6 Å². The SMILES string of the molecule is CN1C(=O)C(N)CCn2nc3c(c21)C[S+]([O-])C3. The van der Waals surface area contributed by atoms with Crippen molar-refractivity contribution >= 4 is 22.9 Å². The molecule has 2 atom stereocenters. The first-order chi connectivity index (χ1) is 8.08. The summed E-state index contributed by atoms with van der Waals surface area (Å²) in [6.07, 6.45) is 0.597. The number of likely N-dealkylation sites (N-methyl/N-ethyl adjacent to an activating group) is 1. The molecule has 6 nitrogen and oxygen atoms in total. The van der Waals surface area contributed by atoms with Crippen LogP contribution in [0.4, 0.5) is 5.82 Å². The Hall–Kier alpha value is -1.05. The summed E-state index contributed by atoms with van der Waals surface area (Å²) in [5.74, 6) is 1.69. The van der Waals surface area contributed by atoms with E-state index in [9.17, 15) is 9.35 Å². The van der Waals surface area contributed by atoms with E-state index in [1.807, 2.05) is 4.68 Å². The lowest BCUT2D eigenvalue weighted by Gasteiger charge is -2.18. The van der Waals surface area contributed by atoms with Crippen molar-refractivity contribution in [3.63, 3.8) is 0 Å². The molecule has 2 aliphatic rings. The highest BCUT2D eigenvalue weighted by atomic mass is 32.2. The fraction of sp³-hybridized carbons (Fsp3) is 0.600. The number of aromatic nitrogens is 2. The standard InChI is InChI=1S/C10H14N4O2S/c1-13-9-6-4-17(16)5-8(6)12-14(9)3-2-7(11)10(13)15/h7H,2-5,11H2,1H3. The van der Waals surface area contributed by atoms with Crippen LogP contribution in [-0.4, -0.2) is 33.3 Å². The third-order valence-electron chi connectivity index (χ3n) is 3.32. The number of rotatable bonds is 0. The highest BCUT2D eigenvalue weighted by molar-refractivity contribution is 7.90. The van der Waals surface area contributed by atoms with Crippen LogP contribution in [0.5, 0.6) is 0 Å². The highest BCUT2D eigenvalue weighted by Crippen LogP contribution is 2.34. The summed E-state index contributed by atoms with van der Waals surface area (Å²) < 4.78 is 13.3. The summed E-state index contributed by atoms with van der Waals surface area (Å²) >= 11 is -0.872. The number of carbonyl (C=O) groups excluding carboxylic acids is 1. The zero-order valence-corrected chi connectivity index (χ0v) is 10.4. The topological polar surface area (TPSA) is 87.2 Å². The molecule has 0 aromatic carbocycles. The largest absolute Gasteiger partial charge is 0.616 e. The van der Waals surface area contributed by atoms with E-state index in [4.69, 9.17) is 5.73 Å². The van der Waals surface area contributed by atoms with Crippen molar-refractivity contribution in [1.82, 2.24) is 9.78 Å². The molecule has 0 spiro atoms. The zero-order valence-electron chi connectivity index (χ0n) is 9.55. The molecule has 1 aromatic rings. The lowest BCUT2D eigenvalue weighted by molar-refractivity contribution is -0.119. The Morgan fingerprint density at radius 3 is 3.06 bits per heavy atom. The van der Waals surface area contributed by atoms with Crippen molar-refractivity contribution in [2.45, 2.75) is 30.5 Å².